The summed E-state index contributed by atoms with van der Waals surface area (Å²) < 4.78 is 12.4. The second-order valence-electron chi connectivity index (χ2n) is 6.97. The molecule has 1 heterocycles. The number of hydrogen-bond acceptors (Lipinski definition) is 5. The summed E-state index contributed by atoms with van der Waals surface area (Å²) in [7, 11) is 3.16. The Balaban J connectivity index is 1.52. The Morgan fingerprint density at radius 2 is 1.87 bits per heavy atom. The second kappa shape index (κ2) is 10.3. The molecule has 3 aromatic rings. The van der Waals surface area contributed by atoms with Gasteiger partial charge < -0.3 is 19.8 Å². The Morgan fingerprint density at radius 3 is 2.61 bits per heavy atom. The van der Waals surface area contributed by atoms with Crippen molar-refractivity contribution in [1.29, 1.82) is 0 Å². The van der Waals surface area contributed by atoms with Gasteiger partial charge in [-0.2, -0.15) is 0 Å². The van der Waals surface area contributed by atoms with Gasteiger partial charge in [0.25, 0.3) is 5.56 Å². The van der Waals surface area contributed by atoms with E-state index in [0.717, 1.165) is 14.6 Å². The van der Waals surface area contributed by atoms with Gasteiger partial charge in [-0.05, 0) is 48.7 Å². The van der Waals surface area contributed by atoms with E-state index >= 15 is 0 Å². The summed E-state index contributed by atoms with van der Waals surface area (Å²) in [5.74, 6) is 1.17. The van der Waals surface area contributed by atoms with E-state index in [9.17, 15) is 14.4 Å². The molecule has 164 valence electrons. The lowest BCUT2D eigenvalue weighted by Gasteiger charge is -2.10. The lowest BCUT2D eigenvalue weighted by atomic mass is 10.1. The third-order valence-corrected chi connectivity index (χ3v) is 5.41. The van der Waals surface area contributed by atoms with E-state index in [2.05, 4.69) is 26.2 Å². The first-order valence-electron chi connectivity index (χ1n) is 9.83. The van der Waals surface area contributed by atoms with E-state index in [4.69, 9.17) is 9.47 Å². The molecule has 3 rings (SSSR count). The lowest BCUT2D eigenvalue weighted by Crippen LogP contribution is -2.35. The smallest absolute Gasteiger partial charge is 0.328 e. The molecule has 0 aliphatic heterocycles. The summed E-state index contributed by atoms with van der Waals surface area (Å²) in [6.45, 7) is 0.637. The third-order valence-electron chi connectivity index (χ3n) is 4.91. The monoisotopic (exact) mass is 489 g/mol. The standard InChI is InChI=1S/C22H24BrN3O5/c1-30-18-8-5-14(12-19(18)31-2)9-10-24-20(27)4-3-11-26-21(28)16-13-15(23)6-7-17(16)25-22(26)29/h5-8,12-13H,3-4,9-11H2,1-2H3,(H,24,27)(H,25,29). The van der Waals surface area contributed by atoms with Gasteiger partial charge in [-0.3, -0.25) is 14.2 Å². The van der Waals surface area contributed by atoms with Crippen LogP contribution in [-0.4, -0.2) is 36.2 Å². The van der Waals surface area contributed by atoms with Crippen LogP contribution < -0.4 is 26.0 Å². The summed E-state index contributed by atoms with van der Waals surface area (Å²) in [5, 5.41) is 3.28. The molecule has 0 aliphatic carbocycles. The molecule has 1 aromatic heterocycles. The minimum Gasteiger partial charge on any atom is -0.493 e. The summed E-state index contributed by atoms with van der Waals surface area (Å²) in [4.78, 5) is 39.7. The number of aromatic nitrogens is 2. The third kappa shape index (κ3) is 5.55. The van der Waals surface area contributed by atoms with Crippen molar-refractivity contribution in [1.82, 2.24) is 14.9 Å². The molecule has 0 spiro atoms. The Kier molecular flexibility index (Phi) is 7.51. The number of ether oxygens (including phenoxy) is 2. The number of hydrogen-bond donors (Lipinski definition) is 2. The molecule has 8 nitrogen and oxygen atoms in total. The number of benzene rings is 2. The topological polar surface area (TPSA) is 102 Å². The number of rotatable bonds is 9. The molecule has 9 heteroatoms. The highest BCUT2D eigenvalue weighted by Crippen LogP contribution is 2.27. The molecule has 0 aliphatic rings. The van der Waals surface area contributed by atoms with Gasteiger partial charge in [0.15, 0.2) is 11.5 Å². The summed E-state index contributed by atoms with van der Waals surface area (Å²) >= 11 is 3.33. The zero-order valence-corrected chi connectivity index (χ0v) is 19.0. The Bertz CT molecular complexity index is 1200. The molecule has 2 aromatic carbocycles. The zero-order chi connectivity index (χ0) is 22.4. The molecule has 0 fully saturated rings. The fourth-order valence-electron chi connectivity index (χ4n) is 3.29. The van der Waals surface area contributed by atoms with Crippen LogP contribution in [0.25, 0.3) is 10.9 Å². The Morgan fingerprint density at radius 1 is 1.10 bits per heavy atom. The van der Waals surface area contributed by atoms with Crippen molar-refractivity contribution in [3.05, 3.63) is 67.3 Å². The van der Waals surface area contributed by atoms with Crippen LogP contribution in [0.15, 0.2) is 50.5 Å². The van der Waals surface area contributed by atoms with Crippen molar-refractivity contribution in [2.75, 3.05) is 20.8 Å². The first kappa shape index (κ1) is 22.6. The van der Waals surface area contributed by atoms with E-state index < -0.39 is 5.69 Å². The van der Waals surface area contributed by atoms with Crippen LogP contribution in [0.4, 0.5) is 0 Å². The molecular weight excluding hydrogens is 466 g/mol. The normalized spacial score (nSPS) is 10.8. The van der Waals surface area contributed by atoms with Gasteiger partial charge in [-0.25, -0.2) is 4.79 Å². The molecular formula is C22H24BrN3O5. The van der Waals surface area contributed by atoms with Gasteiger partial charge in [-0.15, -0.1) is 0 Å². The molecule has 31 heavy (non-hydrogen) atoms. The van der Waals surface area contributed by atoms with Crippen molar-refractivity contribution < 1.29 is 14.3 Å². The number of H-pyrrole nitrogens is 1. The zero-order valence-electron chi connectivity index (χ0n) is 17.4. The highest BCUT2D eigenvalue weighted by atomic mass is 79.9. The maximum Gasteiger partial charge on any atom is 0.328 e. The number of nitrogens with one attached hydrogen (secondary N) is 2. The SMILES string of the molecule is COc1ccc(CCNC(=O)CCCn2c(=O)[nH]c3ccc(Br)cc3c2=O)cc1OC. The van der Waals surface area contributed by atoms with Crippen molar-refractivity contribution in [3.63, 3.8) is 0 Å². The fraction of sp³-hybridized carbons (Fsp3) is 0.318. The van der Waals surface area contributed by atoms with Crippen LogP contribution in [-0.2, 0) is 17.8 Å². The van der Waals surface area contributed by atoms with E-state index in [1.807, 2.05) is 18.2 Å². The lowest BCUT2D eigenvalue weighted by molar-refractivity contribution is -0.121. The average molecular weight is 490 g/mol. The first-order chi connectivity index (χ1) is 14.9. The van der Waals surface area contributed by atoms with Crippen molar-refractivity contribution in [2.45, 2.75) is 25.8 Å². The molecule has 0 radical (unpaired) electrons. The van der Waals surface area contributed by atoms with Gasteiger partial charge >= 0.3 is 5.69 Å². The average Bonchev–Trinajstić information content (AvgIpc) is 2.76. The maximum atomic E-state index is 12.6. The summed E-state index contributed by atoms with van der Waals surface area (Å²) in [6.07, 6.45) is 1.24. The first-order valence-corrected chi connectivity index (χ1v) is 10.6. The fourth-order valence-corrected chi connectivity index (χ4v) is 3.66. The van der Waals surface area contributed by atoms with Crippen molar-refractivity contribution in [2.24, 2.45) is 0 Å². The molecule has 0 unspecified atom stereocenters. The summed E-state index contributed by atoms with van der Waals surface area (Å²) in [6, 6.07) is 10.7. The quantitative estimate of drug-likeness (QED) is 0.480. The minimum atomic E-state index is -0.478. The predicted molar refractivity (Wildman–Crippen MR) is 122 cm³/mol. The molecule has 1 amide bonds. The van der Waals surface area contributed by atoms with Gasteiger partial charge in [-0.1, -0.05) is 22.0 Å². The van der Waals surface area contributed by atoms with Crippen LogP contribution in [0.1, 0.15) is 18.4 Å². The van der Waals surface area contributed by atoms with Gasteiger partial charge in [0.05, 0.1) is 25.1 Å². The molecule has 0 saturated heterocycles. The number of halogens is 1. The van der Waals surface area contributed by atoms with Gasteiger partial charge in [0.1, 0.15) is 0 Å². The number of amides is 1. The number of methoxy groups -OCH3 is 2. The molecule has 0 saturated carbocycles. The highest BCUT2D eigenvalue weighted by molar-refractivity contribution is 9.10. The minimum absolute atomic E-state index is 0.131. The number of nitrogens with zero attached hydrogens (tertiary/aromatic N) is 1. The number of carbonyl (C=O) groups is 1. The highest BCUT2D eigenvalue weighted by Gasteiger charge is 2.10. The van der Waals surface area contributed by atoms with Crippen LogP contribution >= 0.6 is 15.9 Å². The maximum absolute atomic E-state index is 12.6. The predicted octanol–water partition coefficient (Wildman–Crippen LogP) is 2.61. The Hall–Kier alpha value is -3.07. The van der Waals surface area contributed by atoms with Gasteiger partial charge in [0.2, 0.25) is 5.91 Å². The molecule has 0 atom stereocenters. The van der Waals surface area contributed by atoms with Crippen molar-refractivity contribution >= 4 is 32.7 Å². The van der Waals surface area contributed by atoms with Gasteiger partial charge in [0, 0.05) is 24.0 Å². The van der Waals surface area contributed by atoms with E-state index in [0.29, 0.717) is 41.8 Å². The molecule has 0 bridgehead atoms. The van der Waals surface area contributed by atoms with Crippen LogP contribution in [0, 0.1) is 0 Å². The Labute approximate surface area is 187 Å². The number of aromatic amines is 1. The number of carbonyl (C=O) groups excluding carboxylic acids is 1. The summed E-state index contributed by atoms with van der Waals surface area (Å²) in [5.41, 5.74) is 0.656. The van der Waals surface area contributed by atoms with Crippen molar-refractivity contribution in [3.8, 4) is 11.5 Å². The van der Waals surface area contributed by atoms with Crippen LogP contribution in [0.2, 0.25) is 0 Å². The van der Waals surface area contributed by atoms with Crippen LogP contribution in [0.3, 0.4) is 0 Å². The molecule has 2 N–H and O–H groups in total. The van der Waals surface area contributed by atoms with E-state index in [-0.39, 0.29) is 24.4 Å². The number of fused-ring (bicyclic) bond motifs is 1. The van der Waals surface area contributed by atoms with E-state index in [1.165, 1.54) is 0 Å². The second-order valence-corrected chi connectivity index (χ2v) is 7.89. The largest absolute Gasteiger partial charge is 0.493 e. The van der Waals surface area contributed by atoms with E-state index in [1.54, 1.807) is 32.4 Å². The van der Waals surface area contributed by atoms with Crippen LogP contribution in [0.5, 0.6) is 11.5 Å².